The van der Waals surface area contributed by atoms with Gasteiger partial charge in [0.1, 0.15) is 5.75 Å². The van der Waals surface area contributed by atoms with Crippen molar-refractivity contribution in [1.29, 1.82) is 0 Å². The quantitative estimate of drug-likeness (QED) is 0.806. The molecule has 1 aromatic rings. The molecule has 1 amide bonds. The maximum absolute atomic E-state index is 14.0. The van der Waals surface area contributed by atoms with Crippen LogP contribution in [0.3, 0.4) is 0 Å². The third-order valence-corrected chi connectivity index (χ3v) is 6.03. The molecule has 3 rings (SSSR count). The number of hydrogen-bond donors (Lipinski definition) is 1. The van der Waals surface area contributed by atoms with E-state index in [9.17, 15) is 23.1 Å². The zero-order valence-corrected chi connectivity index (χ0v) is 17.1. The predicted molar refractivity (Wildman–Crippen MR) is 102 cm³/mol. The number of hydrogen-bond acceptors (Lipinski definition) is 4. The lowest BCUT2D eigenvalue weighted by atomic mass is 9.66. The zero-order valence-electron chi connectivity index (χ0n) is 17.1. The van der Waals surface area contributed by atoms with E-state index in [-0.39, 0.29) is 28.5 Å². The Morgan fingerprint density at radius 1 is 1.31 bits per heavy atom. The number of fused-ring (bicyclic) bond motifs is 1. The molecule has 1 aromatic carbocycles. The lowest BCUT2D eigenvalue weighted by Crippen LogP contribution is -2.62. The fraction of sp³-hybridized carbons (Fsp3) is 0.619. The molecule has 2 aliphatic rings. The molecule has 0 saturated heterocycles. The highest BCUT2D eigenvalue weighted by molar-refractivity contribution is 5.93. The summed E-state index contributed by atoms with van der Waals surface area (Å²) in [5.74, 6) is -1.91. The van der Waals surface area contributed by atoms with Crippen molar-refractivity contribution >= 4 is 11.6 Å². The number of nitrogens with zero attached hydrogens (tertiary/aromatic N) is 2. The maximum Gasteiger partial charge on any atom is 0.439 e. The molecule has 0 spiro atoms. The van der Waals surface area contributed by atoms with Gasteiger partial charge >= 0.3 is 6.18 Å². The Balaban J connectivity index is 1.85. The standard InChI is InChI=1S/C21H27F3N2O3/c1-13-7-5-6-8-17(13)29-12-18(27)26-20(28,21(22,23)24)15-11-14(19(2,3)4)9-10-16(15)25-26/h5-8,14-15,28H,9-12H2,1-4H3/t14-,15-,20-/m0/s1. The topological polar surface area (TPSA) is 62.1 Å². The van der Waals surface area contributed by atoms with E-state index >= 15 is 0 Å². The van der Waals surface area contributed by atoms with Gasteiger partial charge in [-0.15, -0.1) is 0 Å². The Morgan fingerprint density at radius 2 is 1.97 bits per heavy atom. The molecule has 0 unspecified atom stereocenters. The normalized spacial score (nSPS) is 27.4. The van der Waals surface area contributed by atoms with Gasteiger partial charge in [-0.3, -0.25) is 4.79 Å². The molecule has 29 heavy (non-hydrogen) atoms. The van der Waals surface area contributed by atoms with E-state index < -0.39 is 30.3 Å². The van der Waals surface area contributed by atoms with Crippen LogP contribution in [-0.4, -0.2) is 40.2 Å². The molecule has 1 heterocycles. The van der Waals surface area contributed by atoms with Crippen molar-refractivity contribution in [3.05, 3.63) is 29.8 Å². The number of aliphatic hydroxyl groups is 1. The molecule has 0 radical (unpaired) electrons. The average molecular weight is 412 g/mol. The van der Waals surface area contributed by atoms with Crippen LogP contribution in [0.5, 0.6) is 5.75 Å². The summed E-state index contributed by atoms with van der Waals surface area (Å²) in [5, 5.41) is 14.9. The van der Waals surface area contributed by atoms with Crippen LogP contribution in [0.2, 0.25) is 0 Å². The Labute approximate surface area is 168 Å². The van der Waals surface area contributed by atoms with Crippen LogP contribution < -0.4 is 4.74 Å². The third kappa shape index (κ3) is 3.86. The largest absolute Gasteiger partial charge is 0.483 e. The minimum absolute atomic E-state index is 0.0152. The number of carbonyl (C=O) groups excluding carboxylic acids is 1. The molecule has 1 saturated carbocycles. The van der Waals surface area contributed by atoms with E-state index in [0.29, 0.717) is 18.6 Å². The number of rotatable bonds is 3. The Morgan fingerprint density at radius 3 is 2.55 bits per heavy atom. The highest BCUT2D eigenvalue weighted by Gasteiger charge is 2.69. The van der Waals surface area contributed by atoms with Gasteiger partial charge in [-0.2, -0.15) is 23.3 Å². The molecule has 3 atom stereocenters. The molecule has 160 valence electrons. The van der Waals surface area contributed by atoms with Crippen LogP contribution in [-0.2, 0) is 4.79 Å². The third-order valence-electron chi connectivity index (χ3n) is 6.03. The summed E-state index contributed by atoms with van der Waals surface area (Å²) in [6, 6.07) is 6.89. The lowest BCUT2D eigenvalue weighted by Gasteiger charge is -2.42. The fourth-order valence-electron chi connectivity index (χ4n) is 4.17. The van der Waals surface area contributed by atoms with Gasteiger partial charge in [0.15, 0.2) is 6.61 Å². The van der Waals surface area contributed by atoms with E-state index in [1.165, 1.54) is 0 Å². The molecule has 1 aliphatic carbocycles. The van der Waals surface area contributed by atoms with Crippen molar-refractivity contribution < 1.29 is 27.8 Å². The van der Waals surface area contributed by atoms with Crippen LogP contribution >= 0.6 is 0 Å². The molecule has 1 fully saturated rings. The number of carbonyl (C=O) groups is 1. The van der Waals surface area contributed by atoms with Crippen LogP contribution in [0, 0.1) is 24.2 Å². The highest BCUT2D eigenvalue weighted by atomic mass is 19.4. The molecular formula is C21H27F3N2O3. The summed E-state index contributed by atoms with van der Waals surface area (Å²) in [6.45, 7) is 7.04. The van der Waals surface area contributed by atoms with E-state index in [2.05, 4.69) is 5.10 Å². The number of alkyl halides is 3. The van der Waals surface area contributed by atoms with Gasteiger partial charge in [-0.25, -0.2) is 0 Å². The van der Waals surface area contributed by atoms with E-state index in [1.54, 1.807) is 31.2 Å². The predicted octanol–water partition coefficient (Wildman–Crippen LogP) is 4.29. The first-order valence-corrected chi connectivity index (χ1v) is 9.73. The Bertz CT molecular complexity index is 816. The minimum atomic E-state index is -5.04. The minimum Gasteiger partial charge on any atom is -0.483 e. The van der Waals surface area contributed by atoms with Gasteiger partial charge in [0.05, 0.1) is 5.92 Å². The number of para-hydroxylation sites is 1. The summed E-state index contributed by atoms with van der Waals surface area (Å²) < 4.78 is 47.5. The van der Waals surface area contributed by atoms with Gasteiger partial charge < -0.3 is 9.84 Å². The number of aryl methyl sites for hydroxylation is 1. The Kier molecular flexibility index (Phi) is 5.45. The molecule has 0 aromatic heterocycles. The summed E-state index contributed by atoms with van der Waals surface area (Å²) in [4.78, 5) is 12.6. The Hall–Kier alpha value is -2.09. The lowest BCUT2D eigenvalue weighted by molar-refractivity contribution is -0.318. The van der Waals surface area contributed by atoms with Gasteiger partial charge in [0, 0.05) is 5.71 Å². The van der Waals surface area contributed by atoms with Crippen molar-refractivity contribution in [2.24, 2.45) is 22.4 Å². The van der Waals surface area contributed by atoms with Crippen molar-refractivity contribution in [1.82, 2.24) is 5.01 Å². The monoisotopic (exact) mass is 412 g/mol. The van der Waals surface area contributed by atoms with Gasteiger partial charge in [0.2, 0.25) is 0 Å². The average Bonchev–Trinajstić information content (AvgIpc) is 2.94. The molecule has 1 N–H and O–H groups in total. The smallest absolute Gasteiger partial charge is 0.439 e. The molecule has 8 heteroatoms. The second kappa shape index (κ2) is 7.31. The number of ether oxygens (including phenoxy) is 1. The number of benzene rings is 1. The molecule has 0 bridgehead atoms. The highest BCUT2D eigenvalue weighted by Crippen LogP contribution is 2.51. The van der Waals surface area contributed by atoms with Crippen molar-refractivity contribution in [3.8, 4) is 5.75 Å². The summed E-state index contributed by atoms with van der Waals surface area (Å²) in [6.07, 6.45) is -3.91. The first-order valence-electron chi connectivity index (χ1n) is 9.73. The van der Waals surface area contributed by atoms with Crippen LogP contribution in [0.15, 0.2) is 29.4 Å². The molecule has 1 aliphatic heterocycles. The number of hydrazone groups is 1. The first kappa shape index (κ1) is 21.6. The summed E-state index contributed by atoms with van der Waals surface area (Å²) in [7, 11) is 0. The van der Waals surface area contributed by atoms with Gasteiger partial charge in [-0.1, -0.05) is 39.0 Å². The number of halogens is 3. The molecule has 5 nitrogen and oxygen atoms in total. The first-order chi connectivity index (χ1) is 13.4. The zero-order chi connectivity index (χ0) is 21.6. The SMILES string of the molecule is Cc1ccccc1OCC(=O)N1N=C2CC[C@H](C(C)(C)C)C[C@@H]2[C@]1(O)C(F)(F)F. The van der Waals surface area contributed by atoms with Gasteiger partial charge in [0.25, 0.3) is 11.6 Å². The van der Waals surface area contributed by atoms with Gasteiger partial charge in [-0.05, 0) is 49.1 Å². The molecular weight excluding hydrogens is 385 g/mol. The maximum atomic E-state index is 14.0. The summed E-state index contributed by atoms with van der Waals surface area (Å²) >= 11 is 0. The van der Waals surface area contributed by atoms with E-state index in [1.807, 2.05) is 20.8 Å². The second-order valence-corrected chi connectivity index (χ2v) is 8.96. The summed E-state index contributed by atoms with van der Waals surface area (Å²) in [5.41, 5.74) is -2.57. The van der Waals surface area contributed by atoms with E-state index in [0.717, 1.165) is 5.56 Å². The fourth-order valence-corrected chi connectivity index (χ4v) is 4.17. The van der Waals surface area contributed by atoms with Crippen molar-refractivity contribution in [2.75, 3.05) is 6.61 Å². The van der Waals surface area contributed by atoms with Crippen LogP contribution in [0.1, 0.15) is 45.6 Å². The number of amides is 1. The van der Waals surface area contributed by atoms with E-state index in [4.69, 9.17) is 4.74 Å². The van der Waals surface area contributed by atoms with Crippen LogP contribution in [0.4, 0.5) is 13.2 Å². The van der Waals surface area contributed by atoms with Crippen molar-refractivity contribution in [2.45, 2.75) is 58.9 Å². The van der Waals surface area contributed by atoms with Crippen LogP contribution in [0.25, 0.3) is 0 Å². The second-order valence-electron chi connectivity index (χ2n) is 8.96. The van der Waals surface area contributed by atoms with Crippen molar-refractivity contribution in [3.63, 3.8) is 0 Å².